The van der Waals surface area contributed by atoms with Gasteiger partial charge in [0, 0.05) is 36.8 Å². The van der Waals surface area contributed by atoms with Gasteiger partial charge in [0.25, 0.3) is 0 Å². The van der Waals surface area contributed by atoms with Crippen LogP contribution in [0.4, 0.5) is 10.5 Å². The van der Waals surface area contributed by atoms with Gasteiger partial charge < -0.3 is 14.5 Å². The molecule has 1 atom stereocenters. The van der Waals surface area contributed by atoms with Crippen molar-refractivity contribution >= 4 is 11.8 Å². The monoisotopic (exact) mass is 345 g/mol. The van der Waals surface area contributed by atoms with Gasteiger partial charge in [-0.2, -0.15) is 0 Å². The first-order chi connectivity index (χ1) is 11.8. The molecule has 0 saturated carbocycles. The number of benzene rings is 1. The van der Waals surface area contributed by atoms with Gasteiger partial charge in [-0.05, 0) is 51.3 Å². The molecule has 25 heavy (non-hydrogen) atoms. The van der Waals surface area contributed by atoms with Crippen LogP contribution in [0.1, 0.15) is 32.8 Å². The zero-order chi connectivity index (χ0) is 18.4. The third-order valence-corrected chi connectivity index (χ3v) is 4.19. The van der Waals surface area contributed by atoms with E-state index in [1.807, 2.05) is 32.9 Å². The molecule has 1 aliphatic rings. The average molecular weight is 345 g/mol. The van der Waals surface area contributed by atoms with E-state index in [1.54, 1.807) is 4.90 Å². The molecule has 7 nitrogen and oxygen atoms in total. The molecule has 1 heterocycles. The summed E-state index contributed by atoms with van der Waals surface area (Å²) in [5.74, 6) is 0. The molecule has 7 heteroatoms. The molecule has 1 amide bonds. The van der Waals surface area contributed by atoms with Crippen LogP contribution in [0.3, 0.4) is 0 Å². The largest absolute Gasteiger partial charge is 0.444 e. The molecule has 0 bridgehead atoms. The Morgan fingerprint density at radius 1 is 1.36 bits per heavy atom. The number of para-hydroxylation sites is 1. The highest BCUT2D eigenvalue weighted by Crippen LogP contribution is 2.25. The smallest absolute Gasteiger partial charge is 0.410 e. The van der Waals surface area contributed by atoms with Crippen LogP contribution in [0.2, 0.25) is 0 Å². The van der Waals surface area contributed by atoms with Gasteiger partial charge in [0.1, 0.15) is 5.60 Å². The van der Waals surface area contributed by atoms with Crippen molar-refractivity contribution in [2.45, 2.75) is 45.8 Å². The van der Waals surface area contributed by atoms with Gasteiger partial charge in [-0.25, -0.2) is 4.79 Å². The normalized spacial score (nSPS) is 17.8. The molecule has 1 aliphatic heterocycles. The number of azide groups is 1. The second kappa shape index (κ2) is 8.12. The molecular weight excluding hydrogens is 318 g/mol. The van der Waals surface area contributed by atoms with E-state index in [-0.39, 0.29) is 12.1 Å². The molecule has 1 aromatic rings. The van der Waals surface area contributed by atoms with E-state index >= 15 is 0 Å². The van der Waals surface area contributed by atoms with E-state index in [2.05, 4.69) is 34.0 Å². The van der Waals surface area contributed by atoms with E-state index in [9.17, 15) is 4.79 Å². The third kappa shape index (κ3) is 5.29. The van der Waals surface area contributed by atoms with E-state index in [4.69, 9.17) is 10.3 Å². The predicted molar refractivity (Wildman–Crippen MR) is 98.8 cm³/mol. The number of nitrogens with zero attached hydrogens (tertiary/aromatic N) is 5. The molecule has 0 N–H and O–H groups in total. The van der Waals surface area contributed by atoms with Gasteiger partial charge in [0.2, 0.25) is 0 Å². The maximum absolute atomic E-state index is 12.5. The highest BCUT2D eigenvalue weighted by molar-refractivity contribution is 5.69. The summed E-state index contributed by atoms with van der Waals surface area (Å²) in [6.45, 7) is 10.1. The lowest BCUT2D eigenvalue weighted by molar-refractivity contribution is 0.0134. The van der Waals surface area contributed by atoms with Gasteiger partial charge in [-0.1, -0.05) is 23.3 Å². The van der Waals surface area contributed by atoms with E-state index in [1.165, 1.54) is 11.3 Å². The number of carbonyl (C=O) groups is 1. The Hall–Kier alpha value is -2.40. The standard InChI is InChI=1S/C18H27N5O2/c1-14-7-5-6-8-16(14)22-11-12-23(17(24)25-18(2,3)4)15(13-22)9-10-20-21-19/h5-8,15H,9-13H2,1-4H3. The highest BCUT2D eigenvalue weighted by atomic mass is 16.6. The van der Waals surface area contributed by atoms with Crippen LogP contribution in [0.25, 0.3) is 10.4 Å². The van der Waals surface area contributed by atoms with Crippen molar-refractivity contribution in [1.29, 1.82) is 0 Å². The number of aryl methyl sites for hydroxylation is 1. The Morgan fingerprint density at radius 2 is 2.08 bits per heavy atom. The summed E-state index contributed by atoms with van der Waals surface area (Å²) in [6.07, 6.45) is 0.314. The number of amides is 1. The molecule has 0 aliphatic carbocycles. The van der Waals surface area contributed by atoms with Crippen molar-refractivity contribution in [3.63, 3.8) is 0 Å². The van der Waals surface area contributed by atoms with Crippen molar-refractivity contribution < 1.29 is 9.53 Å². The molecule has 1 aromatic carbocycles. The molecule has 1 saturated heterocycles. The lowest BCUT2D eigenvalue weighted by Gasteiger charge is -2.43. The van der Waals surface area contributed by atoms with Crippen LogP contribution in [0.5, 0.6) is 0 Å². The Balaban J connectivity index is 2.15. The highest BCUT2D eigenvalue weighted by Gasteiger charge is 2.33. The summed E-state index contributed by atoms with van der Waals surface area (Å²) in [7, 11) is 0. The van der Waals surface area contributed by atoms with Gasteiger partial charge >= 0.3 is 6.09 Å². The molecule has 0 spiro atoms. The number of ether oxygens (including phenoxy) is 1. The molecule has 136 valence electrons. The van der Waals surface area contributed by atoms with Gasteiger partial charge in [0.05, 0.1) is 6.04 Å². The molecule has 0 aromatic heterocycles. The van der Waals surface area contributed by atoms with E-state index in [0.717, 1.165) is 6.54 Å². The van der Waals surface area contributed by atoms with Crippen LogP contribution in [0, 0.1) is 6.92 Å². The van der Waals surface area contributed by atoms with Crippen molar-refractivity contribution in [1.82, 2.24) is 4.90 Å². The van der Waals surface area contributed by atoms with Crippen LogP contribution in [-0.2, 0) is 4.74 Å². The van der Waals surface area contributed by atoms with Crippen LogP contribution < -0.4 is 4.90 Å². The van der Waals surface area contributed by atoms with Crippen molar-refractivity contribution in [2.75, 3.05) is 31.1 Å². The van der Waals surface area contributed by atoms with Crippen LogP contribution >= 0.6 is 0 Å². The maximum atomic E-state index is 12.5. The Kier molecular flexibility index (Phi) is 6.15. The summed E-state index contributed by atoms with van der Waals surface area (Å²) in [6, 6.07) is 8.19. The fraction of sp³-hybridized carbons (Fsp3) is 0.611. The first-order valence-electron chi connectivity index (χ1n) is 8.63. The lowest BCUT2D eigenvalue weighted by atomic mass is 10.1. The number of hydrogen-bond donors (Lipinski definition) is 0. The minimum atomic E-state index is -0.528. The van der Waals surface area contributed by atoms with Crippen molar-refractivity contribution in [2.24, 2.45) is 5.11 Å². The summed E-state index contributed by atoms with van der Waals surface area (Å²) in [5, 5.41) is 3.63. The molecule has 0 radical (unpaired) electrons. The first kappa shape index (κ1) is 18.9. The summed E-state index contributed by atoms with van der Waals surface area (Å²) >= 11 is 0. The second-order valence-corrected chi connectivity index (χ2v) is 7.30. The number of rotatable bonds is 4. The predicted octanol–water partition coefficient (Wildman–Crippen LogP) is 4.12. The zero-order valence-electron chi connectivity index (χ0n) is 15.5. The molecule has 1 fully saturated rings. The van der Waals surface area contributed by atoms with E-state index in [0.29, 0.717) is 26.1 Å². The lowest BCUT2D eigenvalue weighted by Crippen LogP contribution is -2.56. The quantitative estimate of drug-likeness (QED) is 0.467. The topological polar surface area (TPSA) is 81.5 Å². The van der Waals surface area contributed by atoms with Gasteiger partial charge in [0.15, 0.2) is 0 Å². The fourth-order valence-electron chi connectivity index (χ4n) is 3.05. The Morgan fingerprint density at radius 3 is 2.72 bits per heavy atom. The number of piperazine rings is 1. The van der Waals surface area contributed by atoms with E-state index < -0.39 is 5.60 Å². The SMILES string of the molecule is Cc1ccccc1N1CCN(C(=O)OC(C)(C)C)C(CCN=[N+]=[N-])C1. The molecular formula is C18H27N5O2. The van der Waals surface area contributed by atoms with Gasteiger partial charge in [-0.3, -0.25) is 0 Å². The minimum Gasteiger partial charge on any atom is -0.444 e. The summed E-state index contributed by atoms with van der Waals surface area (Å²) < 4.78 is 5.54. The fourth-order valence-corrected chi connectivity index (χ4v) is 3.05. The number of anilines is 1. The summed E-state index contributed by atoms with van der Waals surface area (Å²) in [5.41, 5.74) is 10.4. The third-order valence-electron chi connectivity index (χ3n) is 4.19. The Bertz CT molecular complexity index is 649. The summed E-state index contributed by atoms with van der Waals surface area (Å²) in [4.78, 5) is 19.4. The number of hydrogen-bond acceptors (Lipinski definition) is 4. The zero-order valence-corrected chi connectivity index (χ0v) is 15.5. The van der Waals surface area contributed by atoms with Gasteiger partial charge in [-0.15, -0.1) is 0 Å². The molecule has 1 unspecified atom stereocenters. The maximum Gasteiger partial charge on any atom is 0.410 e. The van der Waals surface area contributed by atoms with Crippen molar-refractivity contribution in [3.05, 3.63) is 40.3 Å². The second-order valence-electron chi connectivity index (χ2n) is 7.30. The molecule has 2 rings (SSSR count). The average Bonchev–Trinajstić information content (AvgIpc) is 2.54. The van der Waals surface area contributed by atoms with Crippen LogP contribution in [-0.4, -0.2) is 48.8 Å². The van der Waals surface area contributed by atoms with Crippen molar-refractivity contribution in [3.8, 4) is 0 Å². The Labute approximate surface area is 149 Å². The minimum absolute atomic E-state index is 0.0475. The van der Waals surface area contributed by atoms with Crippen LogP contribution in [0.15, 0.2) is 29.4 Å². The first-order valence-corrected chi connectivity index (χ1v) is 8.63. The number of carbonyl (C=O) groups excluding carboxylic acids is 1.